The Morgan fingerprint density at radius 3 is 2.68 bits per heavy atom. The molecule has 1 aromatic rings. The first-order valence-electron chi connectivity index (χ1n) is 7.41. The predicted octanol–water partition coefficient (Wildman–Crippen LogP) is 3.58. The zero-order valence-corrected chi connectivity index (χ0v) is 17.5. The summed E-state index contributed by atoms with van der Waals surface area (Å²) in [7, 11) is 0. The number of ether oxygens (including phenoxy) is 1. The molecule has 0 radical (unpaired) electrons. The highest BCUT2D eigenvalue weighted by atomic mass is 127. The molecule has 0 aromatic carbocycles. The average molecular weight is 516 g/mol. The van der Waals surface area contributed by atoms with E-state index in [1.54, 1.807) is 12.1 Å². The Morgan fingerprint density at radius 2 is 2.12 bits per heavy atom. The minimum Gasteiger partial charge on any atom is -0.386 e. The van der Waals surface area contributed by atoms with E-state index in [1.807, 2.05) is 6.92 Å². The second kappa shape index (κ2) is 13.0. The number of halogens is 5. The summed E-state index contributed by atoms with van der Waals surface area (Å²) in [5, 5.41) is 16.0. The van der Waals surface area contributed by atoms with Crippen LogP contribution in [-0.2, 0) is 4.74 Å². The van der Waals surface area contributed by atoms with Gasteiger partial charge in [-0.2, -0.15) is 13.2 Å². The van der Waals surface area contributed by atoms with Crippen LogP contribution in [0.4, 0.5) is 13.2 Å². The number of aliphatic hydroxyl groups is 1. The summed E-state index contributed by atoms with van der Waals surface area (Å²) in [5.74, 6) is 0.482. The molecule has 5 nitrogen and oxygen atoms in total. The highest BCUT2D eigenvalue weighted by Gasteiger charge is 2.27. The van der Waals surface area contributed by atoms with Gasteiger partial charge in [0.2, 0.25) is 0 Å². The van der Waals surface area contributed by atoms with Crippen LogP contribution in [0.2, 0.25) is 4.34 Å². The third-order valence-electron chi connectivity index (χ3n) is 2.71. The van der Waals surface area contributed by atoms with E-state index in [4.69, 9.17) is 11.6 Å². The van der Waals surface area contributed by atoms with Gasteiger partial charge < -0.3 is 20.5 Å². The topological polar surface area (TPSA) is 65.9 Å². The van der Waals surface area contributed by atoms with E-state index >= 15 is 0 Å². The molecule has 1 heterocycles. The lowest BCUT2D eigenvalue weighted by Crippen LogP contribution is -2.38. The molecule has 3 N–H and O–H groups in total. The van der Waals surface area contributed by atoms with Gasteiger partial charge in [0, 0.05) is 24.6 Å². The van der Waals surface area contributed by atoms with Gasteiger partial charge in [0.15, 0.2) is 5.96 Å². The first-order valence-corrected chi connectivity index (χ1v) is 8.61. The molecular formula is C14H22ClF3IN3O2S. The number of alkyl halides is 3. The van der Waals surface area contributed by atoms with Crippen LogP contribution in [0, 0.1) is 0 Å². The summed E-state index contributed by atoms with van der Waals surface area (Å²) in [6.07, 6.45) is -4.65. The normalized spacial score (nSPS) is 13.3. The first kappa shape index (κ1) is 24.7. The number of aliphatic imine (C=N–C) groups is 1. The van der Waals surface area contributed by atoms with Gasteiger partial charge in [0.1, 0.15) is 12.7 Å². The summed E-state index contributed by atoms with van der Waals surface area (Å²) in [4.78, 5) is 4.97. The van der Waals surface area contributed by atoms with Gasteiger partial charge in [-0.3, -0.25) is 4.99 Å². The van der Waals surface area contributed by atoms with Crippen LogP contribution >= 0.6 is 46.9 Å². The van der Waals surface area contributed by atoms with E-state index in [-0.39, 0.29) is 37.1 Å². The minimum atomic E-state index is -4.30. The van der Waals surface area contributed by atoms with Crippen LogP contribution in [0.15, 0.2) is 17.1 Å². The molecular weight excluding hydrogens is 494 g/mol. The quantitative estimate of drug-likeness (QED) is 0.204. The standard InChI is InChI=1S/C14H21ClF3N3O2S.HI/c1-2-19-13(20-6-3-7-23-9-14(16,17)18)21-8-10(22)11-4-5-12(15)24-11;/h4-5,10,22H,2-3,6-9H2,1H3,(H2,19,20,21);1H. The Hall–Kier alpha value is -0.300. The largest absolute Gasteiger partial charge is 0.411 e. The molecule has 0 bridgehead atoms. The molecule has 0 fully saturated rings. The van der Waals surface area contributed by atoms with E-state index in [0.717, 1.165) is 4.88 Å². The van der Waals surface area contributed by atoms with E-state index in [2.05, 4.69) is 20.4 Å². The van der Waals surface area contributed by atoms with Crippen LogP contribution in [0.3, 0.4) is 0 Å². The Morgan fingerprint density at radius 1 is 1.40 bits per heavy atom. The summed E-state index contributed by atoms with van der Waals surface area (Å²) in [6, 6.07) is 3.45. The third kappa shape index (κ3) is 11.8. The molecule has 0 aliphatic rings. The van der Waals surface area contributed by atoms with Gasteiger partial charge in [-0.1, -0.05) is 11.6 Å². The molecule has 0 saturated heterocycles. The number of guanidine groups is 1. The number of thiophene rings is 1. The molecule has 1 unspecified atom stereocenters. The molecule has 0 aliphatic carbocycles. The van der Waals surface area contributed by atoms with Crippen molar-refractivity contribution in [3.8, 4) is 0 Å². The monoisotopic (exact) mass is 515 g/mol. The van der Waals surface area contributed by atoms with Gasteiger partial charge in [-0.05, 0) is 25.5 Å². The van der Waals surface area contributed by atoms with E-state index in [0.29, 0.717) is 29.8 Å². The van der Waals surface area contributed by atoms with Crippen LogP contribution < -0.4 is 10.6 Å². The van der Waals surface area contributed by atoms with Crippen LogP contribution in [0.25, 0.3) is 0 Å². The Balaban J connectivity index is 0.00000576. The highest BCUT2D eigenvalue weighted by molar-refractivity contribution is 14.0. The molecule has 11 heteroatoms. The molecule has 0 spiro atoms. The third-order valence-corrected chi connectivity index (χ3v) is 4.04. The van der Waals surface area contributed by atoms with Gasteiger partial charge in [0.05, 0.1) is 10.9 Å². The lowest BCUT2D eigenvalue weighted by Gasteiger charge is -2.13. The summed E-state index contributed by atoms with van der Waals surface area (Å²) in [6.45, 7) is 1.83. The zero-order valence-electron chi connectivity index (χ0n) is 13.6. The number of rotatable bonds is 9. The van der Waals surface area contributed by atoms with E-state index < -0.39 is 18.9 Å². The Bertz CT molecular complexity index is 518. The van der Waals surface area contributed by atoms with Crippen molar-refractivity contribution in [1.82, 2.24) is 10.6 Å². The number of hydrogen-bond acceptors (Lipinski definition) is 4. The van der Waals surface area contributed by atoms with Gasteiger partial charge in [-0.15, -0.1) is 35.3 Å². The van der Waals surface area contributed by atoms with E-state index in [9.17, 15) is 18.3 Å². The molecule has 0 amide bonds. The molecule has 0 saturated carbocycles. The number of nitrogens with zero attached hydrogens (tertiary/aromatic N) is 1. The average Bonchev–Trinajstić information content (AvgIpc) is 2.93. The fourth-order valence-electron chi connectivity index (χ4n) is 1.69. The van der Waals surface area contributed by atoms with Gasteiger partial charge >= 0.3 is 6.18 Å². The van der Waals surface area contributed by atoms with Crippen LogP contribution in [-0.4, -0.2) is 50.1 Å². The fourth-order valence-corrected chi connectivity index (χ4v) is 2.72. The van der Waals surface area contributed by atoms with Crippen molar-refractivity contribution in [2.75, 3.05) is 32.8 Å². The number of hydrogen-bond donors (Lipinski definition) is 3. The summed E-state index contributed by atoms with van der Waals surface area (Å²) < 4.78 is 40.8. The highest BCUT2D eigenvalue weighted by Crippen LogP contribution is 2.26. The molecule has 25 heavy (non-hydrogen) atoms. The smallest absolute Gasteiger partial charge is 0.386 e. The maximum atomic E-state index is 11.9. The molecule has 1 rings (SSSR count). The van der Waals surface area contributed by atoms with Gasteiger partial charge in [0.25, 0.3) is 0 Å². The lowest BCUT2D eigenvalue weighted by molar-refractivity contribution is -0.173. The SMILES string of the molecule is CCNC(=NCC(O)c1ccc(Cl)s1)NCCCOCC(F)(F)F.I. The van der Waals surface area contributed by atoms with Crippen molar-refractivity contribution >= 4 is 52.9 Å². The Kier molecular flexibility index (Phi) is 12.8. The summed E-state index contributed by atoms with van der Waals surface area (Å²) in [5.41, 5.74) is 0. The van der Waals surface area contributed by atoms with Crippen molar-refractivity contribution in [3.05, 3.63) is 21.3 Å². The van der Waals surface area contributed by atoms with E-state index in [1.165, 1.54) is 11.3 Å². The van der Waals surface area contributed by atoms with Crippen molar-refractivity contribution in [2.24, 2.45) is 4.99 Å². The maximum absolute atomic E-state index is 11.9. The predicted molar refractivity (Wildman–Crippen MR) is 105 cm³/mol. The lowest BCUT2D eigenvalue weighted by atomic mass is 10.3. The number of aliphatic hydroxyl groups excluding tert-OH is 1. The van der Waals surface area contributed by atoms with Gasteiger partial charge in [-0.25, -0.2) is 0 Å². The zero-order chi connectivity index (χ0) is 18.0. The van der Waals surface area contributed by atoms with Crippen molar-refractivity contribution in [2.45, 2.75) is 25.6 Å². The molecule has 0 aliphatic heterocycles. The van der Waals surface area contributed by atoms with Crippen LogP contribution in [0.1, 0.15) is 24.3 Å². The minimum absolute atomic E-state index is 0. The second-order valence-electron chi connectivity index (χ2n) is 4.83. The number of nitrogens with one attached hydrogen (secondary N) is 2. The van der Waals surface area contributed by atoms with Crippen molar-refractivity contribution in [3.63, 3.8) is 0 Å². The first-order chi connectivity index (χ1) is 11.3. The fraction of sp³-hybridized carbons (Fsp3) is 0.643. The van der Waals surface area contributed by atoms with Crippen molar-refractivity contribution < 1.29 is 23.0 Å². The molecule has 1 atom stereocenters. The van der Waals surface area contributed by atoms with Crippen LogP contribution in [0.5, 0.6) is 0 Å². The van der Waals surface area contributed by atoms with Crippen molar-refractivity contribution in [1.29, 1.82) is 0 Å². The maximum Gasteiger partial charge on any atom is 0.411 e. The molecule has 1 aromatic heterocycles. The second-order valence-corrected chi connectivity index (χ2v) is 6.57. The molecule has 146 valence electrons. The summed E-state index contributed by atoms with van der Waals surface area (Å²) >= 11 is 7.11. The Labute approximate surface area is 171 Å².